The van der Waals surface area contributed by atoms with Gasteiger partial charge in [0, 0.05) is 25.2 Å². The molecule has 0 bridgehead atoms. The van der Waals surface area contributed by atoms with Crippen LogP contribution in [0.25, 0.3) is 0 Å². The first-order valence-electron chi connectivity index (χ1n) is 6.32. The molecule has 0 spiro atoms. The normalized spacial score (nSPS) is 27.0. The summed E-state index contributed by atoms with van der Waals surface area (Å²) in [7, 11) is 0. The number of aliphatic hydroxyl groups is 1. The van der Waals surface area contributed by atoms with Gasteiger partial charge in [0.1, 0.15) is 0 Å². The van der Waals surface area contributed by atoms with Gasteiger partial charge in [-0.2, -0.15) is 0 Å². The van der Waals surface area contributed by atoms with Crippen molar-refractivity contribution < 1.29 is 9.84 Å². The van der Waals surface area contributed by atoms with Gasteiger partial charge in [0.15, 0.2) is 0 Å². The summed E-state index contributed by atoms with van der Waals surface area (Å²) in [5.74, 6) is 0.389. The fraction of sp³-hybridized carbons (Fsp3) is 1.00. The van der Waals surface area contributed by atoms with Gasteiger partial charge in [-0.1, -0.05) is 20.8 Å². The van der Waals surface area contributed by atoms with Crippen LogP contribution < -0.4 is 5.73 Å². The first-order chi connectivity index (χ1) is 7.60. The lowest BCUT2D eigenvalue weighted by Gasteiger charge is -2.40. The summed E-state index contributed by atoms with van der Waals surface area (Å²) in [6.45, 7) is 8.99. The van der Waals surface area contributed by atoms with Gasteiger partial charge in [-0.05, 0) is 12.3 Å². The molecule has 0 aromatic carbocycles. The van der Waals surface area contributed by atoms with E-state index >= 15 is 0 Å². The van der Waals surface area contributed by atoms with Gasteiger partial charge < -0.3 is 15.6 Å². The third kappa shape index (κ3) is 3.42. The largest absolute Gasteiger partial charge is 0.395 e. The number of rotatable bonds is 5. The second-order valence-electron chi connectivity index (χ2n) is 4.97. The monoisotopic (exact) mass is 230 g/mol. The average Bonchev–Trinajstić information content (AvgIpc) is 2.30. The molecule has 3 unspecified atom stereocenters. The van der Waals surface area contributed by atoms with Gasteiger partial charge in [-0.3, -0.25) is 4.90 Å². The Labute approximate surface area is 98.8 Å². The third-order valence-corrected chi connectivity index (χ3v) is 3.50. The molecule has 0 amide bonds. The van der Waals surface area contributed by atoms with Crippen molar-refractivity contribution in [1.82, 2.24) is 4.90 Å². The van der Waals surface area contributed by atoms with Crippen molar-refractivity contribution >= 4 is 0 Å². The smallest absolute Gasteiger partial charge is 0.0700 e. The molecule has 16 heavy (non-hydrogen) atoms. The van der Waals surface area contributed by atoms with Crippen LogP contribution in [0.5, 0.6) is 0 Å². The fourth-order valence-electron chi connectivity index (χ4n) is 2.22. The maximum Gasteiger partial charge on any atom is 0.0700 e. The average molecular weight is 230 g/mol. The van der Waals surface area contributed by atoms with E-state index in [0.717, 1.165) is 26.1 Å². The standard InChI is InChI=1S/C12H26N2O2/c1-4-10-7-14(5-6-16-10)11(8-15)12(13)9(2)3/h9-12,15H,4-8,13H2,1-3H3. The zero-order chi connectivity index (χ0) is 12.1. The van der Waals surface area contributed by atoms with E-state index in [-0.39, 0.29) is 18.7 Å². The van der Waals surface area contributed by atoms with Gasteiger partial charge in [0.2, 0.25) is 0 Å². The van der Waals surface area contributed by atoms with Crippen LogP contribution in [0, 0.1) is 5.92 Å². The maximum atomic E-state index is 9.49. The second kappa shape index (κ2) is 6.55. The fourth-order valence-corrected chi connectivity index (χ4v) is 2.22. The Morgan fingerprint density at radius 2 is 2.19 bits per heavy atom. The van der Waals surface area contributed by atoms with Crippen LogP contribution in [0.1, 0.15) is 27.2 Å². The van der Waals surface area contributed by atoms with Gasteiger partial charge in [-0.15, -0.1) is 0 Å². The van der Waals surface area contributed by atoms with Crippen molar-refractivity contribution in [2.75, 3.05) is 26.3 Å². The highest BCUT2D eigenvalue weighted by Crippen LogP contribution is 2.16. The molecular weight excluding hydrogens is 204 g/mol. The highest BCUT2D eigenvalue weighted by Gasteiger charge is 2.30. The quantitative estimate of drug-likeness (QED) is 0.719. The van der Waals surface area contributed by atoms with Gasteiger partial charge in [0.25, 0.3) is 0 Å². The Hall–Kier alpha value is -0.160. The summed E-state index contributed by atoms with van der Waals surface area (Å²) >= 11 is 0. The number of hydrogen-bond acceptors (Lipinski definition) is 4. The van der Waals surface area contributed by atoms with Crippen LogP contribution >= 0.6 is 0 Å². The number of aliphatic hydroxyl groups excluding tert-OH is 1. The Morgan fingerprint density at radius 1 is 1.50 bits per heavy atom. The summed E-state index contributed by atoms with van der Waals surface area (Å²) in [6, 6.07) is 0.0959. The third-order valence-electron chi connectivity index (χ3n) is 3.50. The highest BCUT2D eigenvalue weighted by atomic mass is 16.5. The van der Waals surface area contributed by atoms with Crippen molar-refractivity contribution in [2.45, 2.75) is 45.4 Å². The van der Waals surface area contributed by atoms with Crippen LogP contribution in [0.3, 0.4) is 0 Å². The number of morpholine rings is 1. The Balaban J connectivity index is 2.58. The molecular formula is C12H26N2O2. The summed E-state index contributed by atoms with van der Waals surface area (Å²) in [4.78, 5) is 2.28. The van der Waals surface area contributed by atoms with Crippen LogP contribution in [0.4, 0.5) is 0 Å². The zero-order valence-corrected chi connectivity index (χ0v) is 10.7. The van der Waals surface area contributed by atoms with Crippen molar-refractivity contribution in [3.63, 3.8) is 0 Å². The highest BCUT2D eigenvalue weighted by molar-refractivity contribution is 4.86. The molecule has 1 aliphatic rings. The van der Waals surface area contributed by atoms with Gasteiger partial charge in [0.05, 0.1) is 19.3 Å². The van der Waals surface area contributed by atoms with Crippen LogP contribution in [0.2, 0.25) is 0 Å². The van der Waals surface area contributed by atoms with E-state index < -0.39 is 0 Å². The van der Waals surface area contributed by atoms with E-state index in [1.807, 2.05) is 0 Å². The molecule has 1 rings (SSSR count). The van der Waals surface area contributed by atoms with Gasteiger partial charge >= 0.3 is 0 Å². The van der Waals surface area contributed by atoms with E-state index in [0.29, 0.717) is 12.0 Å². The minimum absolute atomic E-state index is 0.0283. The van der Waals surface area contributed by atoms with E-state index in [4.69, 9.17) is 10.5 Å². The molecule has 0 aliphatic carbocycles. The molecule has 0 aromatic rings. The lowest BCUT2D eigenvalue weighted by Crippen LogP contribution is -2.57. The topological polar surface area (TPSA) is 58.7 Å². The summed E-state index contributed by atoms with van der Waals surface area (Å²) in [5.41, 5.74) is 6.15. The summed E-state index contributed by atoms with van der Waals surface area (Å²) < 4.78 is 5.63. The minimum atomic E-state index is 0.0283. The number of ether oxygens (including phenoxy) is 1. The predicted octanol–water partition coefficient (Wildman–Crippen LogP) is 0.441. The Bertz CT molecular complexity index is 199. The van der Waals surface area contributed by atoms with Gasteiger partial charge in [-0.25, -0.2) is 0 Å². The van der Waals surface area contributed by atoms with E-state index in [1.54, 1.807) is 0 Å². The summed E-state index contributed by atoms with van der Waals surface area (Å²) in [6.07, 6.45) is 1.31. The van der Waals surface area contributed by atoms with Crippen LogP contribution in [-0.2, 0) is 4.74 Å². The molecule has 1 saturated heterocycles. The van der Waals surface area contributed by atoms with Crippen LogP contribution in [-0.4, -0.2) is 54.5 Å². The van der Waals surface area contributed by atoms with E-state index in [1.165, 1.54) is 0 Å². The van der Waals surface area contributed by atoms with Crippen molar-refractivity contribution in [3.05, 3.63) is 0 Å². The predicted molar refractivity (Wildman–Crippen MR) is 65.3 cm³/mol. The van der Waals surface area contributed by atoms with E-state index in [2.05, 4.69) is 25.7 Å². The molecule has 3 atom stereocenters. The molecule has 0 radical (unpaired) electrons. The minimum Gasteiger partial charge on any atom is -0.395 e. The molecule has 0 aromatic heterocycles. The maximum absolute atomic E-state index is 9.49. The molecule has 96 valence electrons. The lowest BCUT2D eigenvalue weighted by molar-refractivity contribution is -0.0579. The SMILES string of the molecule is CCC1CN(C(CO)C(N)C(C)C)CCO1. The molecule has 1 aliphatic heterocycles. The molecule has 1 fully saturated rings. The van der Waals surface area contributed by atoms with Crippen molar-refractivity contribution in [2.24, 2.45) is 11.7 Å². The molecule has 0 saturated carbocycles. The van der Waals surface area contributed by atoms with Crippen LogP contribution in [0.15, 0.2) is 0 Å². The zero-order valence-electron chi connectivity index (χ0n) is 10.7. The lowest BCUT2D eigenvalue weighted by atomic mass is 9.96. The number of nitrogens with two attached hydrogens (primary N) is 1. The first kappa shape index (κ1) is 13.9. The summed E-state index contributed by atoms with van der Waals surface area (Å²) in [5, 5.41) is 9.49. The Kier molecular flexibility index (Phi) is 5.69. The molecule has 3 N–H and O–H groups in total. The second-order valence-corrected chi connectivity index (χ2v) is 4.97. The first-order valence-corrected chi connectivity index (χ1v) is 6.32. The number of hydrogen-bond donors (Lipinski definition) is 2. The molecule has 4 heteroatoms. The Morgan fingerprint density at radius 3 is 2.69 bits per heavy atom. The van der Waals surface area contributed by atoms with Crippen molar-refractivity contribution in [1.29, 1.82) is 0 Å². The molecule has 1 heterocycles. The van der Waals surface area contributed by atoms with Crippen molar-refractivity contribution in [3.8, 4) is 0 Å². The van der Waals surface area contributed by atoms with E-state index in [9.17, 15) is 5.11 Å². The number of nitrogens with zero attached hydrogens (tertiary/aromatic N) is 1. The molecule has 4 nitrogen and oxygen atoms in total.